The SMILES string of the molecule is Cc1cc(N(C)C)ccc1NC(=O)NC(C)c1ccc(S(N)(=O)=O)cc1. The van der Waals surface area contributed by atoms with Crippen molar-refractivity contribution in [1.82, 2.24) is 5.32 Å². The Bertz CT molecular complexity index is 893. The first-order valence-corrected chi connectivity index (χ1v) is 9.61. The van der Waals surface area contributed by atoms with Crippen LogP contribution in [0, 0.1) is 6.92 Å². The summed E-state index contributed by atoms with van der Waals surface area (Å²) in [6.45, 7) is 3.74. The van der Waals surface area contributed by atoms with Gasteiger partial charge in [-0.25, -0.2) is 18.4 Å². The Morgan fingerprint density at radius 1 is 1.12 bits per heavy atom. The summed E-state index contributed by atoms with van der Waals surface area (Å²) in [6, 6.07) is 11.2. The van der Waals surface area contributed by atoms with Crippen LogP contribution in [-0.4, -0.2) is 28.5 Å². The molecule has 0 aliphatic heterocycles. The number of hydrogen-bond acceptors (Lipinski definition) is 4. The van der Waals surface area contributed by atoms with Gasteiger partial charge in [-0.1, -0.05) is 12.1 Å². The van der Waals surface area contributed by atoms with Crippen LogP contribution in [-0.2, 0) is 10.0 Å². The molecule has 8 heteroatoms. The van der Waals surface area contributed by atoms with Gasteiger partial charge in [0.05, 0.1) is 10.9 Å². The highest BCUT2D eigenvalue weighted by atomic mass is 32.2. The molecule has 26 heavy (non-hydrogen) atoms. The largest absolute Gasteiger partial charge is 0.378 e. The second kappa shape index (κ2) is 7.76. The smallest absolute Gasteiger partial charge is 0.319 e. The molecule has 1 unspecified atom stereocenters. The van der Waals surface area contributed by atoms with Crippen LogP contribution < -0.4 is 20.7 Å². The van der Waals surface area contributed by atoms with E-state index in [1.165, 1.54) is 12.1 Å². The first kappa shape index (κ1) is 19.7. The first-order chi connectivity index (χ1) is 12.1. The van der Waals surface area contributed by atoms with E-state index in [0.29, 0.717) is 0 Å². The predicted octanol–water partition coefficient (Wildman–Crippen LogP) is 2.59. The highest BCUT2D eigenvalue weighted by Crippen LogP contribution is 2.22. The van der Waals surface area contributed by atoms with Crippen LogP contribution in [0.2, 0.25) is 0 Å². The van der Waals surface area contributed by atoms with Crippen molar-refractivity contribution in [3.05, 3.63) is 53.6 Å². The Morgan fingerprint density at radius 2 is 1.73 bits per heavy atom. The monoisotopic (exact) mass is 376 g/mol. The Hall–Kier alpha value is -2.58. The summed E-state index contributed by atoms with van der Waals surface area (Å²) < 4.78 is 22.6. The van der Waals surface area contributed by atoms with Crippen LogP contribution in [0.25, 0.3) is 0 Å². The van der Waals surface area contributed by atoms with E-state index in [1.807, 2.05) is 51.0 Å². The summed E-state index contributed by atoms with van der Waals surface area (Å²) in [4.78, 5) is 14.3. The van der Waals surface area contributed by atoms with E-state index in [4.69, 9.17) is 5.14 Å². The molecule has 2 aromatic carbocycles. The number of urea groups is 1. The van der Waals surface area contributed by atoms with Gasteiger partial charge in [0.15, 0.2) is 0 Å². The molecule has 0 radical (unpaired) electrons. The predicted molar refractivity (Wildman–Crippen MR) is 104 cm³/mol. The minimum atomic E-state index is -3.73. The summed E-state index contributed by atoms with van der Waals surface area (Å²) in [7, 11) is 0.185. The number of rotatable bonds is 5. The molecule has 0 heterocycles. The van der Waals surface area contributed by atoms with Crippen LogP contribution in [0.15, 0.2) is 47.4 Å². The van der Waals surface area contributed by atoms with Crippen LogP contribution in [0.4, 0.5) is 16.2 Å². The molecular weight excluding hydrogens is 352 g/mol. The first-order valence-electron chi connectivity index (χ1n) is 8.06. The minimum Gasteiger partial charge on any atom is -0.378 e. The number of carbonyl (C=O) groups is 1. The van der Waals surface area contributed by atoms with Gasteiger partial charge in [-0.2, -0.15) is 0 Å². The number of aryl methyl sites for hydroxylation is 1. The third-order valence-electron chi connectivity index (χ3n) is 4.03. The fourth-order valence-corrected chi connectivity index (χ4v) is 2.97. The Labute approximate surface area is 154 Å². The van der Waals surface area contributed by atoms with E-state index in [2.05, 4.69) is 10.6 Å². The molecule has 7 nitrogen and oxygen atoms in total. The van der Waals surface area contributed by atoms with Crippen LogP contribution in [0.5, 0.6) is 0 Å². The van der Waals surface area contributed by atoms with Crippen LogP contribution in [0.1, 0.15) is 24.1 Å². The van der Waals surface area contributed by atoms with Gasteiger partial charge >= 0.3 is 6.03 Å². The van der Waals surface area contributed by atoms with Gasteiger partial charge < -0.3 is 15.5 Å². The molecule has 0 saturated heterocycles. The van der Waals surface area contributed by atoms with E-state index in [-0.39, 0.29) is 17.0 Å². The van der Waals surface area contributed by atoms with Gasteiger partial charge in [0.2, 0.25) is 10.0 Å². The second-order valence-electron chi connectivity index (χ2n) is 6.33. The number of nitrogens with zero attached hydrogens (tertiary/aromatic N) is 1. The zero-order valence-corrected chi connectivity index (χ0v) is 16.1. The van der Waals surface area contributed by atoms with Gasteiger partial charge in [-0.15, -0.1) is 0 Å². The molecule has 0 spiro atoms. The molecular formula is C18H24N4O3S. The van der Waals surface area contributed by atoms with E-state index >= 15 is 0 Å². The maximum Gasteiger partial charge on any atom is 0.319 e. The maximum absolute atomic E-state index is 12.2. The van der Waals surface area contributed by atoms with Crippen LogP contribution >= 0.6 is 0 Å². The molecule has 140 valence electrons. The van der Waals surface area contributed by atoms with Crippen molar-refractivity contribution in [2.75, 3.05) is 24.3 Å². The van der Waals surface area contributed by atoms with Gasteiger partial charge in [-0.05, 0) is 55.3 Å². The zero-order valence-electron chi connectivity index (χ0n) is 15.3. The second-order valence-corrected chi connectivity index (χ2v) is 7.89. The van der Waals surface area contributed by atoms with E-state index < -0.39 is 10.0 Å². The Kier molecular flexibility index (Phi) is 5.89. The van der Waals surface area contributed by atoms with E-state index in [9.17, 15) is 13.2 Å². The van der Waals surface area contributed by atoms with Crippen molar-refractivity contribution >= 4 is 27.4 Å². The number of nitrogens with two attached hydrogens (primary N) is 1. The van der Waals surface area contributed by atoms with Gasteiger partial charge in [0.25, 0.3) is 0 Å². The fraction of sp³-hybridized carbons (Fsp3) is 0.278. The molecule has 0 bridgehead atoms. The quantitative estimate of drug-likeness (QED) is 0.746. The van der Waals surface area contributed by atoms with Crippen molar-refractivity contribution in [1.29, 1.82) is 0 Å². The van der Waals surface area contributed by atoms with Crippen LogP contribution in [0.3, 0.4) is 0 Å². The molecule has 2 aromatic rings. The number of amides is 2. The van der Waals surface area contributed by atoms with E-state index in [0.717, 1.165) is 22.5 Å². The third-order valence-corrected chi connectivity index (χ3v) is 4.96. The normalized spacial score (nSPS) is 12.3. The van der Waals surface area contributed by atoms with Crippen molar-refractivity contribution in [2.45, 2.75) is 24.8 Å². The Morgan fingerprint density at radius 3 is 2.23 bits per heavy atom. The number of anilines is 2. The lowest BCUT2D eigenvalue weighted by atomic mass is 10.1. The molecule has 4 N–H and O–H groups in total. The topological polar surface area (TPSA) is 105 Å². The van der Waals surface area contributed by atoms with Crippen molar-refractivity contribution in [3.8, 4) is 0 Å². The highest BCUT2D eigenvalue weighted by molar-refractivity contribution is 7.89. The number of primary sulfonamides is 1. The lowest BCUT2D eigenvalue weighted by Crippen LogP contribution is -2.31. The van der Waals surface area contributed by atoms with Crippen molar-refractivity contribution in [3.63, 3.8) is 0 Å². The maximum atomic E-state index is 12.2. The summed E-state index contributed by atoms with van der Waals surface area (Å²) in [5.41, 5.74) is 3.50. The zero-order chi connectivity index (χ0) is 19.5. The summed E-state index contributed by atoms with van der Waals surface area (Å²) in [6.07, 6.45) is 0. The molecule has 2 amide bonds. The lowest BCUT2D eigenvalue weighted by Gasteiger charge is -2.18. The molecule has 0 saturated carbocycles. The van der Waals surface area contributed by atoms with Crippen molar-refractivity contribution in [2.24, 2.45) is 5.14 Å². The average molecular weight is 376 g/mol. The number of hydrogen-bond donors (Lipinski definition) is 3. The average Bonchev–Trinajstić information content (AvgIpc) is 2.55. The standard InChI is InChI=1S/C18H24N4O3S/c1-12-11-15(22(3)4)7-10-17(12)21-18(23)20-13(2)14-5-8-16(9-6-14)26(19,24)25/h5-11,13H,1-4H3,(H2,19,24,25)(H2,20,21,23). The number of nitrogens with one attached hydrogen (secondary N) is 2. The molecule has 0 fully saturated rings. The third kappa shape index (κ3) is 4.96. The lowest BCUT2D eigenvalue weighted by molar-refractivity contribution is 0.249. The number of carbonyl (C=O) groups excluding carboxylic acids is 1. The highest BCUT2D eigenvalue weighted by Gasteiger charge is 2.13. The van der Waals surface area contributed by atoms with Gasteiger partial charge in [0, 0.05) is 25.5 Å². The minimum absolute atomic E-state index is 0.0366. The summed E-state index contributed by atoms with van der Waals surface area (Å²) in [5.74, 6) is 0. The van der Waals surface area contributed by atoms with Gasteiger partial charge in [0.1, 0.15) is 0 Å². The summed E-state index contributed by atoms with van der Waals surface area (Å²) >= 11 is 0. The van der Waals surface area contributed by atoms with Gasteiger partial charge in [-0.3, -0.25) is 0 Å². The molecule has 0 aliphatic rings. The number of benzene rings is 2. The molecule has 0 aliphatic carbocycles. The summed E-state index contributed by atoms with van der Waals surface area (Å²) in [5, 5.41) is 10.7. The fourth-order valence-electron chi connectivity index (χ4n) is 2.45. The molecule has 0 aromatic heterocycles. The molecule has 2 rings (SSSR count). The van der Waals surface area contributed by atoms with E-state index in [1.54, 1.807) is 12.1 Å². The Balaban J connectivity index is 2.03. The molecule has 1 atom stereocenters. The van der Waals surface area contributed by atoms with Crippen molar-refractivity contribution < 1.29 is 13.2 Å². The number of sulfonamides is 1.